The molecule has 4 nitrogen and oxygen atoms in total. The Morgan fingerprint density at radius 2 is 1.04 bits per heavy atom. The Morgan fingerprint density at radius 3 is 1.81 bits per heavy atom. The first-order valence-corrected chi connectivity index (χ1v) is 18.9. The first-order chi connectivity index (χ1) is 26.0. The quantitative estimate of drug-likeness (QED) is 0.184. The third-order valence-electron chi connectivity index (χ3n) is 11.1. The van der Waals surface area contributed by atoms with E-state index in [1.165, 1.54) is 58.8 Å². The van der Waals surface area contributed by atoms with Crippen LogP contribution in [0.25, 0.3) is 93.0 Å². The molecule has 5 heteroatoms. The molecule has 3 heterocycles. The zero-order chi connectivity index (χ0) is 35.3. The second-order valence-corrected chi connectivity index (χ2v) is 15.5. The van der Waals surface area contributed by atoms with Crippen molar-refractivity contribution in [1.29, 1.82) is 0 Å². The van der Waals surface area contributed by atoms with Crippen LogP contribution in [0.1, 0.15) is 25.0 Å². The van der Waals surface area contributed by atoms with E-state index in [4.69, 9.17) is 15.0 Å². The van der Waals surface area contributed by atoms with E-state index >= 15 is 0 Å². The molecule has 1 aliphatic carbocycles. The summed E-state index contributed by atoms with van der Waals surface area (Å²) in [4.78, 5) is 15.7. The molecule has 3 aromatic heterocycles. The van der Waals surface area contributed by atoms with Crippen LogP contribution in [-0.2, 0) is 5.41 Å². The van der Waals surface area contributed by atoms with Gasteiger partial charge in [-0.05, 0) is 58.7 Å². The molecule has 0 radical (unpaired) electrons. The highest BCUT2D eigenvalue weighted by Crippen LogP contribution is 2.50. The fraction of sp³-hybridized carbons (Fsp3) is 0.0625. The molecule has 0 saturated carbocycles. The number of hydrogen-bond donors (Lipinski definition) is 0. The van der Waals surface area contributed by atoms with Crippen molar-refractivity contribution in [2.75, 3.05) is 0 Å². The predicted octanol–water partition coefficient (Wildman–Crippen LogP) is 12.6. The highest BCUT2D eigenvalue weighted by molar-refractivity contribution is 7.26. The monoisotopic (exact) mass is 696 g/mol. The Hall–Kier alpha value is -6.43. The van der Waals surface area contributed by atoms with Gasteiger partial charge in [-0.25, -0.2) is 15.0 Å². The first kappa shape index (κ1) is 30.2. The molecule has 10 aromatic rings. The smallest absolute Gasteiger partial charge is 0.164 e. The van der Waals surface area contributed by atoms with E-state index in [9.17, 15) is 0 Å². The lowest BCUT2D eigenvalue weighted by atomic mass is 9.82. The van der Waals surface area contributed by atoms with Gasteiger partial charge in [0.25, 0.3) is 0 Å². The van der Waals surface area contributed by atoms with Crippen LogP contribution in [0.5, 0.6) is 0 Å². The van der Waals surface area contributed by atoms with Gasteiger partial charge in [-0.2, -0.15) is 0 Å². The SMILES string of the molecule is CC1(C)c2ccccc2-c2ccc(-c3nc(-c4ccccc4)nc(-c4cccc5sc6cccc(-n7c8ccccc8c8ccccc87)c6c45)n3)cc21. The maximum atomic E-state index is 5.33. The van der Waals surface area contributed by atoms with Gasteiger partial charge in [-0.3, -0.25) is 0 Å². The van der Waals surface area contributed by atoms with Crippen molar-refractivity contribution in [3.05, 3.63) is 169 Å². The number of rotatable bonds is 4. The highest BCUT2D eigenvalue weighted by atomic mass is 32.1. The summed E-state index contributed by atoms with van der Waals surface area (Å²) in [5.74, 6) is 1.99. The van der Waals surface area contributed by atoms with Gasteiger partial charge in [-0.1, -0.05) is 135 Å². The topological polar surface area (TPSA) is 43.6 Å². The maximum absolute atomic E-state index is 5.33. The fourth-order valence-corrected chi connectivity index (χ4v) is 9.74. The van der Waals surface area contributed by atoms with Gasteiger partial charge >= 0.3 is 0 Å². The highest BCUT2D eigenvalue weighted by Gasteiger charge is 2.35. The van der Waals surface area contributed by atoms with Crippen molar-refractivity contribution >= 4 is 53.3 Å². The Bertz CT molecular complexity index is 3040. The third-order valence-corrected chi connectivity index (χ3v) is 12.2. The molecule has 0 N–H and O–H groups in total. The van der Waals surface area contributed by atoms with E-state index in [-0.39, 0.29) is 5.41 Å². The molecule has 53 heavy (non-hydrogen) atoms. The standard InChI is InChI=1S/C48H32N4S/c1-48(2)36-20-9-6-16-31(36)32-27-26-30(28-37(32)48)46-49-45(29-14-4-3-5-15-29)50-47(51-46)35-19-12-24-41-43(35)44-40(23-13-25-42(44)53-41)52-38-21-10-7-17-33(38)34-18-8-11-22-39(34)52/h3-28H,1-2H3. The lowest BCUT2D eigenvalue weighted by molar-refractivity contribution is 0.660. The van der Waals surface area contributed by atoms with Crippen LogP contribution in [0, 0.1) is 0 Å². The lowest BCUT2D eigenvalue weighted by Gasteiger charge is -2.21. The van der Waals surface area contributed by atoms with E-state index in [2.05, 4.69) is 158 Å². The summed E-state index contributed by atoms with van der Waals surface area (Å²) in [5.41, 5.74) is 11.6. The van der Waals surface area contributed by atoms with Gasteiger partial charge in [0, 0.05) is 53.1 Å². The van der Waals surface area contributed by atoms with Crippen molar-refractivity contribution in [2.24, 2.45) is 0 Å². The van der Waals surface area contributed by atoms with Crippen LogP contribution in [0.2, 0.25) is 0 Å². The Labute approximate surface area is 310 Å². The van der Waals surface area contributed by atoms with Crippen LogP contribution in [-0.4, -0.2) is 19.5 Å². The van der Waals surface area contributed by atoms with E-state index in [1.807, 2.05) is 29.5 Å². The molecule has 0 unspecified atom stereocenters. The van der Waals surface area contributed by atoms with Crippen molar-refractivity contribution in [2.45, 2.75) is 19.3 Å². The molecule has 1 aliphatic rings. The van der Waals surface area contributed by atoms with Gasteiger partial charge < -0.3 is 4.57 Å². The van der Waals surface area contributed by atoms with E-state index in [1.54, 1.807) is 0 Å². The summed E-state index contributed by atoms with van der Waals surface area (Å²) < 4.78 is 4.85. The fourth-order valence-electron chi connectivity index (χ4n) is 8.59. The molecule has 7 aromatic carbocycles. The van der Waals surface area contributed by atoms with Crippen LogP contribution in [0.3, 0.4) is 0 Å². The number of nitrogens with zero attached hydrogens (tertiary/aromatic N) is 4. The molecule has 0 bridgehead atoms. The number of thiophene rings is 1. The van der Waals surface area contributed by atoms with E-state index < -0.39 is 0 Å². The minimum absolute atomic E-state index is 0.134. The van der Waals surface area contributed by atoms with Crippen LogP contribution in [0.4, 0.5) is 0 Å². The van der Waals surface area contributed by atoms with Crippen molar-refractivity contribution < 1.29 is 0 Å². The lowest BCUT2D eigenvalue weighted by Crippen LogP contribution is -2.15. The maximum Gasteiger partial charge on any atom is 0.164 e. The minimum atomic E-state index is -0.134. The van der Waals surface area contributed by atoms with Crippen LogP contribution < -0.4 is 0 Å². The first-order valence-electron chi connectivity index (χ1n) is 18.0. The van der Waals surface area contributed by atoms with Gasteiger partial charge in [0.2, 0.25) is 0 Å². The van der Waals surface area contributed by atoms with Crippen LogP contribution >= 0.6 is 11.3 Å². The summed E-state index contributed by atoms with van der Waals surface area (Å²) in [5, 5.41) is 4.85. The Morgan fingerprint density at radius 1 is 0.453 bits per heavy atom. The zero-order valence-corrected chi connectivity index (χ0v) is 30.0. The van der Waals surface area contributed by atoms with E-state index in [0.29, 0.717) is 17.5 Å². The van der Waals surface area contributed by atoms with Gasteiger partial charge in [-0.15, -0.1) is 11.3 Å². The van der Waals surface area contributed by atoms with Gasteiger partial charge in [0.1, 0.15) is 0 Å². The number of fused-ring (bicyclic) bond motifs is 9. The Balaban J connectivity index is 1.18. The number of hydrogen-bond acceptors (Lipinski definition) is 4. The van der Waals surface area contributed by atoms with Crippen molar-refractivity contribution in [3.63, 3.8) is 0 Å². The normalized spacial score (nSPS) is 13.2. The summed E-state index contributed by atoms with van der Waals surface area (Å²) in [7, 11) is 0. The average Bonchev–Trinajstić information content (AvgIpc) is 3.84. The summed E-state index contributed by atoms with van der Waals surface area (Å²) in [6.07, 6.45) is 0. The predicted molar refractivity (Wildman–Crippen MR) is 221 cm³/mol. The summed E-state index contributed by atoms with van der Waals surface area (Å²) >= 11 is 1.82. The molecule has 0 amide bonds. The molecule has 250 valence electrons. The number of para-hydroxylation sites is 2. The third kappa shape index (κ3) is 4.44. The van der Waals surface area contributed by atoms with E-state index in [0.717, 1.165) is 27.8 Å². The number of aromatic nitrogens is 4. The Kier molecular flexibility index (Phi) is 6.43. The average molecular weight is 697 g/mol. The summed E-state index contributed by atoms with van der Waals surface area (Å²) in [6.45, 7) is 4.62. The van der Waals surface area contributed by atoms with Gasteiger partial charge in [0.05, 0.1) is 16.7 Å². The second kappa shape index (κ2) is 11.3. The zero-order valence-electron chi connectivity index (χ0n) is 29.2. The molecule has 0 spiro atoms. The van der Waals surface area contributed by atoms with Crippen molar-refractivity contribution in [3.8, 4) is 51.0 Å². The summed E-state index contributed by atoms with van der Waals surface area (Å²) in [6, 6.07) is 56.3. The molecular formula is C48H32N4S. The van der Waals surface area contributed by atoms with Crippen molar-refractivity contribution in [1.82, 2.24) is 19.5 Å². The number of benzene rings is 7. The van der Waals surface area contributed by atoms with Gasteiger partial charge in [0.15, 0.2) is 17.5 Å². The molecule has 0 aliphatic heterocycles. The molecule has 0 saturated heterocycles. The van der Waals surface area contributed by atoms with Crippen LogP contribution in [0.15, 0.2) is 158 Å². The largest absolute Gasteiger partial charge is 0.309 e. The molecule has 0 atom stereocenters. The molecule has 11 rings (SSSR count). The molecular weight excluding hydrogens is 665 g/mol. The minimum Gasteiger partial charge on any atom is -0.309 e. The second-order valence-electron chi connectivity index (χ2n) is 14.4. The molecule has 0 fully saturated rings.